The largest absolute Gasteiger partial charge is 0.368 e. The van der Waals surface area contributed by atoms with Gasteiger partial charge in [0.15, 0.2) is 0 Å². The van der Waals surface area contributed by atoms with Crippen LogP contribution in [0.5, 0.6) is 0 Å². The minimum Gasteiger partial charge on any atom is -0.368 e. The number of carbonyl (C=O) groups excluding carboxylic acids is 1. The Balaban J connectivity index is 1.37. The van der Waals surface area contributed by atoms with E-state index in [0.717, 1.165) is 58.0 Å². The molecular formula is C23H31N5O. The Labute approximate surface area is 173 Å². The van der Waals surface area contributed by atoms with Crippen LogP contribution in [0.3, 0.4) is 0 Å². The lowest BCUT2D eigenvalue weighted by Gasteiger charge is -2.38. The zero-order valence-electron chi connectivity index (χ0n) is 17.8. The molecular weight excluding hydrogens is 362 g/mol. The fraction of sp³-hybridized carbons (Fsp3) is 0.478. The number of piperazine rings is 2. The molecule has 0 spiro atoms. The molecule has 0 saturated carbocycles. The van der Waals surface area contributed by atoms with Crippen molar-refractivity contribution in [2.45, 2.75) is 13.8 Å². The van der Waals surface area contributed by atoms with E-state index in [0.29, 0.717) is 5.69 Å². The SMILES string of the molecule is Cc1cccc(N2CCN(c3ccc(C(=O)N4CCN(C)CC4)nc3)CC2)c1C. The molecule has 2 aliphatic rings. The summed E-state index contributed by atoms with van der Waals surface area (Å²) in [6.45, 7) is 11.7. The first kappa shape index (κ1) is 19.7. The Hall–Kier alpha value is -2.60. The number of rotatable bonds is 3. The predicted molar refractivity (Wildman–Crippen MR) is 118 cm³/mol. The van der Waals surface area contributed by atoms with Crippen LogP contribution in [0, 0.1) is 13.8 Å². The number of hydrogen-bond donors (Lipinski definition) is 0. The maximum atomic E-state index is 12.7. The number of hydrogen-bond acceptors (Lipinski definition) is 5. The third-order valence-corrected chi connectivity index (χ3v) is 6.32. The van der Waals surface area contributed by atoms with Gasteiger partial charge in [-0.1, -0.05) is 12.1 Å². The van der Waals surface area contributed by atoms with Gasteiger partial charge in [-0.25, -0.2) is 4.98 Å². The second-order valence-corrected chi connectivity index (χ2v) is 8.19. The molecule has 6 heteroatoms. The van der Waals surface area contributed by atoms with Crippen molar-refractivity contribution in [1.29, 1.82) is 0 Å². The highest BCUT2D eigenvalue weighted by molar-refractivity contribution is 5.92. The lowest BCUT2D eigenvalue weighted by atomic mass is 10.1. The average Bonchev–Trinajstić information content (AvgIpc) is 2.76. The summed E-state index contributed by atoms with van der Waals surface area (Å²) in [6, 6.07) is 10.5. The van der Waals surface area contributed by atoms with Gasteiger partial charge >= 0.3 is 0 Å². The van der Waals surface area contributed by atoms with E-state index in [9.17, 15) is 4.79 Å². The molecule has 1 aromatic carbocycles. The van der Waals surface area contributed by atoms with Crippen molar-refractivity contribution < 1.29 is 4.79 Å². The number of aryl methyl sites for hydroxylation is 1. The van der Waals surface area contributed by atoms with Gasteiger partial charge in [-0.2, -0.15) is 0 Å². The molecule has 3 heterocycles. The summed E-state index contributed by atoms with van der Waals surface area (Å²) in [5, 5.41) is 0. The molecule has 0 bridgehead atoms. The van der Waals surface area contributed by atoms with E-state index in [-0.39, 0.29) is 5.91 Å². The van der Waals surface area contributed by atoms with Crippen molar-refractivity contribution in [3.63, 3.8) is 0 Å². The zero-order chi connectivity index (χ0) is 20.4. The van der Waals surface area contributed by atoms with E-state index >= 15 is 0 Å². The Morgan fingerprint density at radius 1 is 0.862 bits per heavy atom. The Morgan fingerprint density at radius 3 is 2.21 bits per heavy atom. The molecule has 0 radical (unpaired) electrons. The average molecular weight is 394 g/mol. The van der Waals surface area contributed by atoms with E-state index in [2.05, 4.69) is 58.8 Å². The fourth-order valence-corrected chi connectivity index (χ4v) is 4.15. The summed E-state index contributed by atoms with van der Waals surface area (Å²) in [6.07, 6.45) is 1.86. The Bertz CT molecular complexity index is 850. The topological polar surface area (TPSA) is 42.9 Å². The first-order valence-electron chi connectivity index (χ1n) is 10.5. The molecule has 6 nitrogen and oxygen atoms in total. The Morgan fingerprint density at radius 2 is 1.55 bits per heavy atom. The van der Waals surface area contributed by atoms with Crippen LogP contribution >= 0.6 is 0 Å². The third-order valence-electron chi connectivity index (χ3n) is 6.32. The smallest absolute Gasteiger partial charge is 0.272 e. The molecule has 29 heavy (non-hydrogen) atoms. The zero-order valence-corrected chi connectivity index (χ0v) is 17.8. The number of benzene rings is 1. The molecule has 154 valence electrons. The summed E-state index contributed by atoms with van der Waals surface area (Å²) >= 11 is 0. The number of pyridine rings is 1. The van der Waals surface area contributed by atoms with Gasteiger partial charge in [0.2, 0.25) is 0 Å². The lowest BCUT2D eigenvalue weighted by molar-refractivity contribution is 0.0658. The highest BCUT2D eigenvalue weighted by Gasteiger charge is 2.23. The molecule has 2 aliphatic heterocycles. The van der Waals surface area contributed by atoms with Gasteiger partial charge in [0.25, 0.3) is 5.91 Å². The third kappa shape index (κ3) is 4.22. The highest BCUT2D eigenvalue weighted by Crippen LogP contribution is 2.25. The van der Waals surface area contributed by atoms with Crippen molar-refractivity contribution in [3.8, 4) is 0 Å². The van der Waals surface area contributed by atoms with Crippen LogP contribution < -0.4 is 9.80 Å². The van der Waals surface area contributed by atoms with Gasteiger partial charge in [0.1, 0.15) is 5.69 Å². The molecule has 4 rings (SSSR count). The summed E-state index contributed by atoms with van der Waals surface area (Å²) in [4.78, 5) is 26.2. The van der Waals surface area contributed by atoms with E-state index < -0.39 is 0 Å². The van der Waals surface area contributed by atoms with E-state index in [1.54, 1.807) is 0 Å². The number of carbonyl (C=O) groups is 1. The molecule has 0 atom stereocenters. The number of nitrogens with zero attached hydrogens (tertiary/aromatic N) is 5. The molecule has 0 unspecified atom stereocenters. The van der Waals surface area contributed by atoms with Crippen molar-refractivity contribution in [3.05, 3.63) is 53.3 Å². The highest BCUT2D eigenvalue weighted by atomic mass is 16.2. The molecule has 2 saturated heterocycles. The fourth-order valence-electron chi connectivity index (χ4n) is 4.15. The van der Waals surface area contributed by atoms with Gasteiger partial charge in [-0.3, -0.25) is 4.79 Å². The van der Waals surface area contributed by atoms with E-state index in [4.69, 9.17) is 0 Å². The van der Waals surface area contributed by atoms with Gasteiger partial charge in [-0.15, -0.1) is 0 Å². The number of aromatic nitrogens is 1. The molecule has 1 aromatic heterocycles. The maximum Gasteiger partial charge on any atom is 0.272 e. The van der Waals surface area contributed by atoms with Gasteiger partial charge in [0.05, 0.1) is 11.9 Å². The number of likely N-dealkylation sites (N-methyl/N-ethyl adjacent to an activating group) is 1. The molecule has 1 amide bonds. The second kappa shape index (κ2) is 8.41. The van der Waals surface area contributed by atoms with Crippen LogP contribution in [0.25, 0.3) is 0 Å². The van der Waals surface area contributed by atoms with Crippen molar-refractivity contribution in [2.75, 3.05) is 69.2 Å². The van der Waals surface area contributed by atoms with Gasteiger partial charge in [0, 0.05) is 58.0 Å². The van der Waals surface area contributed by atoms with Crippen LogP contribution in [0.1, 0.15) is 21.6 Å². The van der Waals surface area contributed by atoms with Crippen molar-refractivity contribution in [1.82, 2.24) is 14.8 Å². The summed E-state index contributed by atoms with van der Waals surface area (Å²) in [5.41, 5.74) is 5.70. The van der Waals surface area contributed by atoms with Crippen LogP contribution in [0.2, 0.25) is 0 Å². The van der Waals surface area contributed by atoms with Crippen LogP contribution in [-0.4, -0.2) is 80.1 Å². The molecule has 0 aliphatic carbocycles. The number of amides is 1. The van der Waals surface area contributed by atoms with Gasteiger partial charge < -0.3 is 19.6 Å². The quantitative estimate of drug-likeness (QED) is 0.801. The van der Waals surface area contributed by atoms with E-state index in [1.807, 2.05) is 23.2 Å². The first-order chi connectivity index (χ1) is 14.0. The van der Waals surface area contributed by atoms with Crippen molar-refractivity contribution >= 4 is 17.3 Å². The van der Waals surface area contributed by atoms with Crippen LogP contribution in [-0.2, 0) is 0 Å². The maximum absolute atomic E-state index is 12.7. The standard InChI is InChI=1S/C23H31N5O/c1-18-5-4-6-22(19(18)2)27-15-13-26(14-16-27)20-7-8-21(24-17-20)23(29)28-11-9-25(3)10-12-28/h4-8,17H,9-16H2,1-3H3. The normalized spacial score (nSPS) is 18.2. The molecule has 2 fully saturated rings. The Kier molecular flexibility index (Phi) is 5.72. The summed E-state index contributed by atoms with van der Waals surface area (Å²) in [7, 11) is 2.09. The molecule has 0 N–H and O–H groups in total. The molecule has 2 aromatic rings. The number of anilines is 2. The second-order valence-electron chi connectivity index (χ2n) is 8.19. The lowest BCUT2D eigenvalue weighted by Crippen LogP contribution is -2.47. The summed E-state index contributed by atoms with van der Waals surface area (Å²) in [5.74, 6) is 0.0457. The van der Waals surface area contributed by atoms with Gasteiger partial charge in [-0.05, 0) is 50.2 Å². The first-order valence-corrected chi connectivity index (χ1v) is 10.5. The summed E-state index contributed by atoms with van der Waals surface area (Å²) < 4.78 is 0. The predicted octanol–water partition coefficient (Wildman–Crippen LogP) is 2.41. The van der Waals surface area contributed by atoms with Crippen LogP contribution in [0.4, 0.5) is 11.4 Å². The minimum atomic E-state index is 0.0457. The monoisotopic (exact) mass is 393 g/mol. The van der Waals surface area contributed by atoms with Crippen molar-refractivity contribution in [2.24, 2.45) is 0 Å². The minimum absolute atomic E-state index is 0.0457. The van der Waals surface area contributed by atoms with Crippen LogP contribution in [0.15, 0.2) is 36.5 Å². The van der Waals surface area contributed by atoms with E-state index in [1.165, 1.54) is 16.8 Å².